The fraction of sp³-hybridized carbons (Fsp3) is 0.100. The molecule has 0 heterocycles. The zero-order valence-electron chi connectivity index (χ0n) is 7.37. The van der Waals surface area contributed by atoms with E-state index < -0.39 is 11.7 Å². The van der Waals surface area contributed by atoms with Crippen molar-refractivity contribution in [2.75, 3.05) is 0 Å². The van der Waals surface area contributed by atoms with Gasteiger partial charge in [0, 0.05) is 14.2 Å². The molecule has 15 heavy (non-hydrogen) atoms. The average molecular weight is 331 g/mol. The standard InChI is InChI=1S/C10H4ClIN2O/c11-7-1-2-9(12)8(3-7)10(15)6(4-13)5-14/h1-3,6H. The fourth-order valence-electron chi connectivity index (χ4n) is 0.988. The number of halogens is 2. The van der Waals surface area contributed by atoms with Crippen LogP contribution in [0.3, 0.4) is 0 Å². The molecule has 0 aromatic heterocycles. The van der Waals surface area contributed by atoms with Gasteiger partial charge in [-0.15, -0.1) is 0 Å². The molecule has 0 spiro atoms. The molecule has 0 atom stereocenters. The molecule has 0 fully saturated rings. The first-order chi connectivity index (χ1) is 7.10. The van der Waals surface area contributed by atoms with Crippen LogP contribution in [0.5, 0.6) is 0 Å². The summed E-state index contributed by atoms with van der Waals surface area (Å²) in [6.07, 6.45) is 0. The summed E-state index contributed by atoms with van der Waals surface area (Å²) in [6.45, 7) is 0. The van der Waals surface area contributed by atoms with Crippen LogP contribution < -0.4 is 0 Å². The van der Waals surface area contributed by atoms with Crippen LogP contribution in [0.2, 0.25) is 5.02 Å². The second-order valence-electron chi connectivity index (χ2n) is 2.68. The van der Waals surface area contributed by atoms with Gasteiger partial charge < -0.3 is 0 Å². The van der Waals surface area contributed by atoms with E-state index in [0.717, 1.165) is 0 Å². The number of carbonyl (C=O) groups is 1. The first-order valence-electron chi connectivity index (χ1n) is 3.88. The molecule has 0 aliphatic rings. The summed E-state index contributed by atoms with van der Waals surface area (Å²) in [5.74, 6) is -1.77. The Morgan fingerprint density at radius 2 is 2.00 bits per heavy atom. The predicted octanol–water partition coefficient (Wildman–Crippen LogP) is 2.79. The molecule has 1 aromatic carbocycles. The molecule has 3 nitrogen and oxygen atoms in total. The highest BCUT2D eigenvalue weighted by Crippen LogP contribution is 2.20. The molecule has 74 valence electrons. The van der Waals surface area contributed by atoms with Crippen LogP contribution in [0.25, 0.3) is 0 Å². The lowest BCUT2D eigenvalue weighted by Gasteiger charge is -2.03. The number of carbonyl (C=O) groups excluding carboxylic acids is 1. The molecule has 0 aliphatic heterocycles. The van der Waals surface area contributed by atoms with E-state index in [9.17, 15) is 4.79 Å². The highest BCUT2D eigenvalue weighted by atomic mass is 127. The van der Waals surface area contributed by atoms with Crippen molar-refractivity contribution in [3.63, 3.8) is 0 Å². The van der Waals surface area contributed by atoms with Crippen LogP contribution in [-0.2, 0) is 0 Å². The summed E-state index contributed by atoms with van der Waals surface area (Å²) in [6, 6.07) is 8.06. The highest BCUT2D eigenvalue weighted by molar-refractivity contribution is 14.1. The summed E-state index contributed by atoms with van der Waals surface area (Å²) >= 11 is 7.69. The minimum atomic E-state index is -1.27. The van der Waals surface area contributed by atoms with E-state index >= 15 is 0 Å². The monoisotopic (exact) mass is 330 g/mol. The Morgan fingerprint density at radius 3 is 2.53 bits per heavy atom. The predicted molar refractivity (Wildman–Crippen MR) is 63.2 cm³/mol. The van der Waals surface area contributed by atoms with Gasteiger partial charge in [-0.3, -0.25) is 4.79 Å². The summed E-state index contributed by atoms with van der Waals surface area (Å²) in [5.41, 5.74) is 0.316. The summed E-state index contributed by atoms with van der Waals surface area (Å²) in [7, 11) is 0. The Hall–Kier alpha value is -1.11. The summed E-state index contributed by atoms with van der Waals surface area (Å²) in [4.78, 5) is 11.7. The molecule has 1 aromatic rings. The van der Waals surface area contributed by atoms with Crippen molar-refractivity contribution in [3.8, 4) is 12.1 Å². The molecule has 0 saturated heterocycles. The first kappa shape index (κ1) is 12.0. The van der Waals surface area contributed by atoms with Gasteiger partial charge >= 0.3 is 0 Å². The summed E-state index contributed by atoms with van der Waals surface area (Å²) in [5, 5.41) is 17.6. The molecule has 1 rings (SSSR count). The largest absolute Gasteiger partial charge is 0.291 e. The number of nitrogens with zero attached hydrogens (tertiary/aromatic N) is 2. The molecule has 0 amide bonds. The van der Waals surface area contributed by atoms with E-state index in [0.29, 0.717) is 14.2 Å². The summed E-state index contributed by atoms with van der Waals surface area (Å²) < 4.78 is 0.678. The number of ketones is 1. The number of benzene rings is 1. The van der Waals surface area contributed by atoms with Crippen molar-refractivity contribution in [1.82, 2.24) is 0 Å². The van der Waals surface area contributed by atoms with E-state index in [1.165, 1.54) is 6.07 Å². The van der Waals surface area contributed by atoms with Crippen molar-refractivity contribution in [3.05, 3.63) is 32.4 Å². The van der Waals surface area contributed by atoms with Crippen molar-refractivity contribution >= 4 is 40.0 Å². The van der Waals surface area contributed by atoms with Gasteiger partial charge in [0.05, 0.1) is 12.1 Å². The first-order valence-corrected chi connectivity index (χ1v) is 5.34. The van der Waals surface area contributed by atoms with Crippen LogP contribution in [-0.4, -0.2) is 5.78 Å². The topological polar surface area (TPSA) is 64.7 Å². The van der Waals surface area contributed by atoms with E-state index in [2.05, 4.69) is 0 Å². The third-order valence-corrected chi connectivity index (χ3v) is 2.89. The quantitative estimate of drug-likeness (QED) is 0.618. The van der Waals surface area contributed by atoms with Crippen molar-refractivity contribution in [2.45, 2.75) is 0 Å². The minimum Gasteiger partial charge on any atom is -0.291 e. The Labute approximate surface area is 105 Å². The van der Waals surface area contributed by atoms with Crippen LogP contribution >= 0.6 is 34.2 Å². The van der Waals surface area contributed by atoms with Gasteiger partial charge in [0.1, 0.15) is 0 Å². The molecule has 0 saturated carbocycles. The van der Waals surface area contributed by atoms with Crippen LogP contribution in [0.1, 0.15) is 10.4 Å². The number of hydrogen-bond acceptors (Lipinski definition) is 3. The molecular weight excluding hydrogens is 326 g/mol. The van der Waals surface area contributed by atoms with E-state index in [1.807, 2.05) is 22.6 Å². The van der Waals surface area contributed by atoms with Gasteiger partial charge in [0.2, 0.25) is 0 Å². The zero-order chi connectivity index (χ0) is 11.4. The molecule has 0 unspecified atom stereocenters. The van der Waals surface area contributed by atoms with Gasteiger partial charge in [-0.2, -0.15) is 10.5 Å². The van der Waals surface area contributed by atoms with Gasteiger partial charge in [-0.05, 0) is 40.8 Å². The second-order valence-corrected chi connectivity index (χ2v) is 4.28. The fourth-order valence-corrected chi connectivity index (χ4v) is 1.76. The van der Waals surface area contributed by atoms with Gasteiger partial charge in [0.25, 0.3) is 0 Å². The average Bonchev–Trinajstić information content (AvgIpc) is 2.23. The second kappa shape index (κ2) is 5.11. The smallest absolute Gasteiger partial charge is 0.195 e. The molecule has 0 aliphatic carbocycles. The third kappa shape index (κ3) is 2.68. The SMILES string of the molecule is N#CC(C#N)C(=O)c1cc(Cl)ccc1I. The maximum Gasteiger partial charge on any atom is 0.195 e. The van der Waals surface area contributed by atoms with E-state index in [1.54, 1.807) is 24.3 Å². The van der Waals surface area contributed by atoms with Gasteiger partial charge in [-0.1, -0.05) is 11.6 Å². The minimum absolute atomic E-state index is 0.316. The number of Topliss-reactive ketones (excluding diaryl/α,β-unsaturated/α-hetero) is 1. The maximum atomic E-state index is 11.7. The van der Waals surface area contributed by atoms with Crippen LogP contribution in [0.4, 0.5) is 0 Å². The number of nitriles is 2. The number of rotatable bonds is 2. The Bertz CT molecular complexity index is 473. The molecule has 0 N–H and O–H groups in total. The molecule has 5 heteroatoms. The number of hydrogen-bond donors (Lipinski definition) is 0. The van der Waals surface area contributed by atoms with E-state index in [-0.39, 0.29) is 0 Å². The maximum absolute atomic E-state index is 11.7. The zero-order valence-corrected chi connectivity index (χ0v) is 10.3. The highest BCUT2D eigenvalue weighted by Gasteiger charge is 2.21. The van der Waals surface area contributed by atoms with E-state index in [4.69, 9.17) is 22.1 Å². The lowest BCUT2D eigenvalue weighted by molar-refractivity contribution is 0.0970. The molecule has 0 radical (unpaired) electrons. The van der Waals surface area contributed by atoms with Crippen molar-refractivity contribution < 1.29 is 4.79 Å². The Morgan fingerprint density at radius 1 is 1.40 bits per heavy atom. The molecular formula is C10H4ClIN2O. The molecule has 0 bridgehead atoms. The van der Waals surface area contributed by atoms with Crippen molar-refractivity contribution in [1.29, 1.82) is 10.5 Å². The third-order valence-electron chi connectivity index (χ3n) is 1.71. The van der Waals surface area contributed by atoms with Crippen LogP contribution in [0.15, 0.2) is 18.2 Å². The van der Waals surface area contributed by atoms with Crippen molar-refractivity contribution in [2.24, 2.45) is 5.92 Å². The Balaban J connectivity index is 3.18. The lowest BCUT2D eigenvalue weighted by atomic mass is 10.0. The van der Waals surface area contributed by atoms with Gasteiger partial charge in [0.15, 0.2) is 11.7 Å². The van der Waals surface area contributed by atoms with Gasteiger partial charge in [-0.25, -0.2) is 0 Å². The normalized spacial score (nSPS) is 9.40. The lowest BCUT2D eigenvalue weighted by Crippen LogP contribution is -2.12. The Kier molecular flexibility index (Phi) is 4.07. The van der Waals surface area contributed by atoms with Crippen LogP contribution in [0, 0.1) is 32.2 Å².